The number of aromatic nitrogens is 2. The Morgan fingerprint density at radius 1 is 1.72 bits per heavy atom. The molecule has 1 saturated heterocycles. The highest BCUT2D eigenvalue weighted by Gasteiger charge is 2.16. The second-order valence-electron chi connectivity index (χ2n) is 4.09. The van der Waals surface area contributed by atoms with Gasteiger partial charge in [-0.3, -0.25) is 19.6 Å². The fourth-order valence-electron chi connectivity index (χ4n) is 1.77. The molecular weight excluding hydrogens is 240 g/mol. The Labute approximate surface area is 103 Å². The molecule has 1 aliphatic heterocycles. The van der Waals surface area contributed by atoms with E-state index in [4.69, 9.17) is 4.74 Å². The Hall–Kier alpha value is -1.96. The van der Waals surface area contributed by atoms with Gasteiger partial charge in [0.15, 0.2) is 0 Å². The normalized spacial score (nSPS) is 18.8. The van der Waals surface area contributed by atoms with Gasteiger partial charge < -0.3 is 10.1 Å². The fourth-order valence-corrected chi connectivity index (χ4v) is 1.77. The molecule has 8 nitrogen and oxygen atoms in total. The number of nitrogens with zero attached hydrogens (tertiary/aromatic N) is 3. The van der Waals surface area contributed by atoms with E-state index < -0.39 is 4.92 Å². The number of amides is 1. The van der Waals surface area contributed by atoms with E-state index in [1.165, 1.54) is 10.9 Å². The van der Waals surface area contributed by atoms with Crippen LogP contribution < -0.4 is 5.32 Å². The zero-order valence-electron chi connectivity index (χ0n) is 9.74. The van der Waals surface area contributed by atoms with Crippen LogP contribution >= 0.6 is 0 Å². The number of carbonyl (C=O) groups is 1. The van der Waals surface area contributed by atoms with Crippen molar-refractivity contribution in [2.75, 3.05) is 13.2 Å². The Kier molecular flexibility index (Phi) is 3.88. The molecule has 0 radical (unpaired) electrons. The summed E-state index contributed by atoms with van der Waals surface area (Å²) in [6, 6.07) is 0. The molecule has 0 saturated carbocycles. The number of hydrogen-bond donors (Lipinski definition) is 1. The second-order valence-corrected chi connectivity index (χ2v) is 4.09. The van der Waals surface area contributed by atoms with Crippen LogP contribution in [0.25, 0.3) is 0 Å². The molecule has 2 heterocycles. The molecule has 1 amide bonds. The summed E-state index contributed by atoms with van der Waals surface area (Å²) >= 11 is 0. The number of nitrogens with one attached hydrogen (secondary N) is 1. The van der Waals surface area contributed by atoms with Crippen LogP contribution in [0.1, 0.15) is 12.8 Å². The average molecular weight is 254 g/mol. The standard InChI is InChI=1S/C10H14N4O4/c15-10(11-5-9-2-1-3-18-9)7-13-6-8(4-12-13)14(16)17/h4,6,9H,1-3,5,7H2,(H,11,15)/t9-/m1/s1. The Morgan fingerprint density at radius 2 is 2.56 bits per heavy atom. The van der Waals surface area contributed by atoms with Gasteiger partial charge in [-0.05, 0) is 12.8 Å². The summed E-state index contributed by atoms with van der Waals surface area (Å²) in [5.74, 6) is -0.233. The predicted octanol–water partition coefficient (Wildman–Crippen LogP) is 0.0865. The molecule has 1 atom stereocenters. The molecule has 0 aliphatic carbocycles. The third-order valence-corrected chi connectivity index (χ3v) is 2.69. The molecule has 0 unspecified atom stereocenters. The number of carbonyl (C=O) groups excluding carboxylic acids is 1. The third kappa shape index (κ3) is 3.27. The molecule has 18 heavy (non-hydrogen) atoms. The van der Waals surface area contributed by atoms with E-state index in [-0.39, 0.29) is 24.2 Å². The summed E-state index contributed by atoms with van der Waals surface area (Å²) < 4.78 is 6.60. The van der Waals surface area contributed by atoms with Gasteiger partial charge in [0.05, 0.1) is 11.0 Å². The summed E-state index contributed by atoms with van der Waals surface area (Å²) in [6.45, 7) is 1.19. The maximum Gasteiger partial charge on any atom is 0.307 e. The molecule has 98 valence electrons. The summed E-state index contributed by atoms with van der Waals surface area (Å²) in [6.07, 6.45) is 4.40. The highest BCUT2D eigenvalue weighted by molar-refractivity contribution is 5.75. The molecule has 1 aliphatic rings. The number of nitro groups is 1. The van der Waals surface area contributed by atoms with Crippen LogP contribution in [0.15, 0.2) is 12.4 Å². The van der Waals surface area contributed by atoms with E-state index in [1.54, 1.807) is 0 Å². The van der Waals surface area contributed by atoms with Crippen LogP contribution in [0.5, 0.6) is 0 Å². The van der Waals surface area contributed by atoms with Gasteiger partial charge in [0.25, 0.3) is 0 Å². The van der Waals surface area contributed by atoms with Gasteiger partial charge in [0, 0.05) is 13.2 Å². The van der Waals surface area contributed by atoms with Gasteiger partial charge in [0.1, 0.15) is 18.9 Å². The maximum atomic E-state index is 11.6. The molecule has 0 aromatic carbocycles. The van der Waals surface area contributed by atoms with Crippen molar-refractivity contribution in [3.05, 3.63) is 22.5 Å². The fraction of sp³-hybridized carbons (Fsp3) is 0.600. The van der Waals surface area contributed by atoms with E-state index >= 15 is 0 Å². The van der Waals surface area contributed by atoms with Gasteiger partial charge in [-0.25, -0.2) is 0 Å². The Morgan fingerprint density at radius 3 is 3.17 bits per heavy atom. The topological polar surface area (TPSA) is 99.3 Å². The lowest BCUT2D eigenvalue weighted by Crippen LogP contribution is -2.34. The van der Waals surface area contributed by atoms with Gasteiger partial charge >= 0.3 is 5.69 Å². The monoisotopic (exact) mass is 254 g/mol. The Balaban J connectivity index is 1.77. The van der Waals surface area contributed by atoms with Crippen molar-refractivity contribution in [2.24, 2.45) is 0 Å². The van der Waals surface area contributed by atoms with Crippen molar-refractivity contribution in [3.8, 4) is 0 Å². The summed E-state index contributed by atoms with van der Waals surface area (Å²) in [7, 11) is 0. The van der Waals surface area contributed by atoms with Crippen molar-refractivity contribution in [1.82, 2.24) is 15.1 Å². The minimum atomic E-state index is -0.548. The van der Waals surface area contributed by atoms with Crippen LogP contribution in [0.3, 0.4) is 0 Å². The van der Waals surface area contributed by atoms with Gasteiger partial charge in [0.2, 0.25) is 5.91 Å². The lowest BCUT2D eigenvalue weighted by molar-refractivity contribution is -0.385. The zero-order valence-corrected chi connectivity index (χ0v) is 9.74. The van der Waals surface area contributed by atoms with Crippen molar-refractivity contribution in [1.29, 1.82) is 0 Å². The minimum absolute atomic E-state index is 0.0272. The van der Waals surface area contributed by atoms with E-state index in [9.17, 15) is 14.9 Å². The molecule has 0 spiro atoms. The van der Waals surface area contributed by atoms with Gasteiger partial charge in [-0.2, -0.15) is 5.10 Å². The maximum absolute atomic E-state index is 11.6. The van der Waals surface area contributed by atoms with Crippen LogP contribution in [-0.4, -0.2) is 39.9 Å². The molecule has 1 aromatic heterocycles. The van der Waals surface area contributed by atoms with E-state index in [0.29, 0.717) is 6.54 Å². The number of ether oxygens (including phenoxy) is 1. The number of hydrogen-bond acceptors (Lipinski definition) is 5. The SMILES string of the molecule is O=C(Cn1cc([N+](=O)[O-])cn1)NC[C@H]1CCCO1. The van der Waals surface area contributed by atoms with Gasteiger partial charge in [-0.15, -0.1) is 0 Å². The zero-order chi connectivity index (χ0) is 13.0. The summed E-state index contributed by atoms with van der Waals surface area (Å²) in [5, 5.41) is 16.9. The first-order valence-electron chi connectivity index (χ1n) is 5.70. The van der Waals surface area contributed by atoms with Crippen molar-refractivity contribution < 1.29 is 14.5 Å². The van der Waals surface area contributed by atoms with Crippen LogP contribution in [0.2, 0.25) is 0 Å². The predicted molar refractivity (Wildman–Crippen MR) is 60.9 cm³/mol. The van der Waals surface area contributed by atoms with Gasteiger partial charge in [-0.1, -0.05) is 0 Å². The van der Waals surface area contributed by atoms with Crippen LogP contribution in [-0.2, 0) is 16.1 Å². The minimum Gasteiger partial charge on any atom is -0.376 e. The van der Waals surface area contributed by atoms with Crippen LogP contribution in [0, 0.1) is 10.1 Å². The number of rotatable bonds is 5. The molecular formula is C10H14N4O4. The lowest BCUT2D eigenvalue weighted by Gasteiger charge is -2.10. The highest BCUT2D eigenvalue weighted by atomic mass is 16.6. The Bertz CT molecular complexity index is 439. The summed E-state index contributed by atoms with van der Waals surface area (Å²) in [5.41, 5.74) is -0.123. The van der Waals surface area contributed by atoms with E-state index in [2.05, 4.69) is 10.4 Å². The second kappa shape index (κ2) is 5.58. The lowest BCUT2D eigenvalue weighted by atomic mass is 10.2. The largest absolute Gasteiger partial charge is 0.376 e. The first kappa shape index (κ1) is 12.5. The third-order valence-electron chi connectivity index (χ3n) is 2.69. The molecule has 2 rings (SSSR count). The molecule has 1 fully saturated rings. The molecule has 1 N–H and O–H groups in total. The first-order valence-corrected chi connectivity index (χ1v) is 5.70. The molecule has 1 aromatic rings. The smallest absolute Gasteiger partial charge is 0.307 e. The highest BCUT2D eigenvalue weighted by Crippen LogP contribution is 2.10. The van der Waals surface area contributed by atoms with Crippen molar-refractivity contribution in [2.45, 2.75) is 25.5 Å². The van der Waals surface area contributed by atoms with E-state index in [0.717, 1.165) is 25.6 Å². The van der Waals surface area contributed by atoms with Crippen molar-refractivity contribution in [3.63, 3.8) is 0 Å². The van der Waals surface area contributed by atoms with E-state index in [1.807, 2.05) is 0 Å². The van der Waals surface area contributed by atoms with Crippen molar-refractivity contribution >= 4 is 11.6 Å². The molecule has 8 heteroatoms. The molecule has 0 bridgehead atoms. The first-order chi connectivity index (χ1) is 8.65. The summed E-state index contributed by atoms with van der Waals surface area (Å²) in [4.78, 5) is 21.4. The quantitative estimate of drug-likeness (QED) is 0.592. The average Bonchev–Trinajstić information content (AvgIpc) is 2.96. The van der Waals surface area contributed by atoms with Crippen LogP contribution in [0.4, 0.5) is 5.69 Å².